The van der Waals surface area contributed by atoms with Crippen LogP contribution in [0.25, 0.3) is 0 Å². The van der Waals surface area contributed by atoms with Crippen LogP contribution in [0.15, 0.2) is 30.3 Å². The number of hydrogen-bond donors (Lipinski definition) is 5. The number of amides is 4. The summed E-state index contributed by atoms with van der Waals surface area (Å²) in [6.07, 6.45) is -0.581. The Balaban J connectivity index is 2.47. The van der Waals surface area contributed by atoms with Crippen LogP contribution in [0, 0.1) is 0 Å². The highest BCUT2D eigenvalue weighted by molar-refractivity contribution is 6.76. The van der Waals surface area contributed by atoms with Crippen LogP contribution in [-0.4, -0.2) is 75.2 Å². The molecule has 0 spiro atoms. The molecule has 1 atom stereocenters. The summed E-state index contributed by atoms with van der Waals surface area (Å²) in [5, 5.41) is 18.1. The van der Waals surface area contributed by atoms with E-state index in [0.717, 1.165) is 11.6 Å². The normalized spacial score (nSPS) is 11.6. The van der Waals surface area contributed by atoms with Gasteiger partial charge in [-0.05, 0) is 11.6 Å². The number of benzene rings is 1. The van der Waals surface area contributed by atoms with Gasteiger partial charge in [-0.3, -0.25) is 19.2 Å². The van der Waals surface area contributed by atoms with Crippen molar-refractivity contribution in [2.24, 2.45) is 0 Å². The van der Waals surface area contributed by atoms with Crippen molar-refractivity contribution in [1.82, 2.24) is 21.3 Å². The third kappa shape index (κ3) is 13.6. The maximum absolute atomic E-state index is 12.3. The van der Waals surface area contributed by atoms with Crippen molar-refractivity contribution in [3.63, 3.8) is 0 Å². The molecule has 0 fully saturated rings. The van der Waals surface area contributed by atoms with Gasteiger partial charge in [0.1, 0.15) is 19.1 Å². The predicted molar refractivity (Wildman–Crippen MR) is 123 cm³/mol. The summed E-state index contributed by atoms with van der Waals surface area (Å²) in [5.41, 5.74) is 0.758. The molecule has 1 aromatic rings. The Bertz CT molecular complexity index is 828. The summed E-state index contributed by atoms with van der Waals surface area (Å²) in [5.74, 6) is -3.13. The average Bonchev–Trinajstić information content (AvgIpc) is 2.74. The summed E-state index contributed by atoms with van der Waals surface area (Å²) < 4.78 is 5.01. The molecule has 182 valence electrons. The number of carboxylic acids is 1. The second-order valence-corrected chi connectivity index (χ2v) is 14.1. The largest absolute Gasteiger partial charge is 0.480 e. The first-order valence-electron chi connectivity index (χ1n) is 10.5. The summed E-state index contributed by atoms with van der Waals surface area (Å²) in [7, 11) is -1.34. The van der Waals surface area contributed by atoms with Crippen LogP contribution >= 0.6 is 0 Å². The highest BCUT2D eigenvalue weighted by Gasteiger charge is 2.22. The Labute approximate surface area is 193 Å². The van der Waals surface area contributed by atoms with Crippen LogP contribution in [0.5, 0.6) is 0 Å². The van der Waals surface area contributed by atoms with E-state index in [0.29, 0.717) is 0 Å². The first kappa shape index (κ1) is 27.6. The van der Waals surface area contributed by atoms with Crippen LogP contribution in [0.2, 0.25) is 25.7 Å². The summed E-state index contributed by atoms with van der Waals surface area (Å²) >= 11 is 0. The molecule has 33 heavy (non-hydrogen) atoms. The third-order valence-corrected chi connectivity index (χ3v) is 5.98. The Morgan fingerprint density at radius 3 is 2.15 bits per heavy atom. The minimum atomic E-state index is -1.34. The van der Waals surface area contributed by atoms with Gasteiger partial charge in [0.05, 0.1) is 13.2 Å². The fourth-order valence-corrected chi connectivity index (χ4v) is 3.20. The molecule has 12 heteroatoms. The lowest BCUT2D eigenvalue weighted by molar-refractivity contribution is -0.138. The number of ether oxygens (including phenoxy) is 1. The topological polar surface area (TPSA) is 163 Å². The maximum Gasteiger partial charge on any atom is 0.407 e. The van der Waals surface area contributed by atoms with Crippen LogP contribution < -0.4 is 21.3 Å². The van der Waals surface area contributed by atoms with Crippen molar-refractivity contribution in [3.05, 3.63) is 35.9 Å². The van der Waals surface area contributed by atoms with E-state index in [4.69, 9.17) is 9.84 Å². The minimum Gasteiger partial charge on any atom is -0.480 e. The average molecular weight is 481 g/mol. The van der Waals surface area contributed by atoms with E-state index in [-0.39, 0.29) is 19.6 Å². The number of carboxylic acid groups (broad SMARTS) is 1. The summed E-state index contributed by atoms with van der Waals surface area (Å²) in [4.78, 5) is 58.7. The zero-order valence-electron chi connectivity index (χ0n) is 19.1. The van der Waals surface area contributed by atoms with Crippen molar-refractivity contribution in [3.8, 4) is 0 Å². The van der Waals surface area contributed by atoms with Crippen molar-refractivity contribution in [2.45, 2.75) is 38.1 Å². The molecule has 0 aliphatic rings. The number of aliphatic carboxylic acids is 1. The highest BCUT2D eigenvalue weighted by atomic mass is 28.3. The van der Waals surface area contributed by atoms with Crippen LogP contribution in [0.4, 0.5) is 4.79 Å². The van der Waals surface area contributed by atoms with E-state index in [9.17, 15) is 24.0 Å². The molecule has 1 aromatic carbocycles. The molecular weight excluding hydrogens is 448 g/mol. The van der Waals surface area contributed by atoms with Gasteiger partial charge in [-0.2, -0.15) is 0 Å². The number of carbonyl (C=O) groups excluding carboxylic acids is 4. The smallest absolute Gasteiger partial charge is 0.407 e. The lowest BCUT2D eigenvalue weighted by atomic mass is 10.1. The first-order chi connectivity index (χ1) is 15.5. The molecule has 1 rings (SSSR count). The van der Waals surface area contributed by atoms with E-state index in [2.05, 4.69) is 40.9 Å². The van der Waals surface area contributed by atoms with Gasteiger partial charge in [0.25, 0.3) is 0 Å². The number of carbonyl (C=O) groups is 5. The molecule has 11 nitrogen and oxygen atoms in total. The molecule has 4 amide bonds. The Hall–Kier alpha value is -3.41. The van der Waals surface area contributed by atoms with Gasteiger partial charge in [0.15, 0.2) is 0 Å². The predicted octanol–water partition coefficient (Wildman–Crippen LogP) is 0.0953. The van der Waals surface area contributed by atoms with Crippen molar-refractivity contribution < 1.29 is 33.8 Å². The second kappa shape index (κ2) is 13.9. The fraction of sp³-hybridized carbons (Fsp3) is 0.476. The number of alkyl carbamates (subject to hydrolysis) is 1. The fourth-order valence-electron chi connectivity index (χ4n) is 2.49. The summed E-state index contributed by atoms with van der Waals surface area (Å²) in [6, 6.07) is 8.64. The van der Waals surface area contributed by atoms with Gasteiger partial charge in [-0.15, -0.1) is 0 Å². The van der Waals surface area contributed by atoms with E-state index in [1.54, 1.807) is 30.3 Å². The van der Waals surface area contributed by atoms with Crippen molar-refractivity contribution >= 4 is 37.9 Å². The number of nitrogens with one attached hydrogen (secondary N) is 4. The standard InChI is InChI=1S/C21H32N4O7Si/c1-33(2,3)10-9-32-21(31)24-12-17(26)22-13-18(27)25-16(20(30)23-14-19(28)29)11-15-7-5-4-6-8-15/h4-8,16H,9-14H2,1-3H3,(H,22,26)(H,23,30)(H,24,31)(H,25,27)(H,28,29)/t16-/m0/s1. The maximum atomic E-state index is 12.3. The van der Waals surface area contributed by atoms with Crippen molar-refractivity contribution in [1.29, 1.82) is 0 Å². The molecule has 0 heterocycles. The Kier molecular flexibility index (Phi) is 11.6. The van der Waals surface area contributed by atoms with Gasteiger partial charge < -0.3 is 31.1 Å². The van der Waals surface area contributed by atoms with Crippen molar-refractivity contribution in [2.75, 3.05) is 26.2 Å². The minimum absolute atomic E-state index is 0.136. The van der Waals surface area contributed by atoms with Gasteiger partial charge in [-0.1, -0.05) is 50.0 Å². The van der Waals surface area contributed by atoms with E-state index in [1.807, 2.05) is 0 Å². The molecule has 0 aromatic heterocycles. The molecule has 0 saturated heterocycles. The summed E-state index contributed by atoms with van der Waals surface area (Å²) in [6.45, 7) is 5.33. The van der Waals surface area contributed by atoms with Gasteiger partial charge in [0, 0.05) is 14.5 Å². The number of hydrogen-bond acceptors (Lipinski definition) is 6. The van der Waals surface area contributed by atoms with Crippen LogP contribution in [0.3, 0.4) is 0 Å². The van der Waals surface area contributed by atoms with Crippen LogP contribution in [0.1, 0.15) is 5.56 Å². The second-order valence-electron chi connectivity index (χ2n) is 8.50. The first-order valence-corrected chi connectivity index (χ1v) is 14.2. The molecule has 0 unspecified atom stereocenters. The Morgan fingerprint density at radius 2 is 1.55 bits per heavy atom. The molecule has 0 saturated carbocycles. The van der Waals surface area contributed by atoms with E-state index in [1.165, 1.54) is 0 Å². The van der Waals surface area contributed by atoms with E-state index < -0.39 is 57.0 Å². The lowest BCUT2D eigenvalue weighted by Gasteiger charge is -2.18. The molecule has 0 radical (unpaired) electrons. The zero-order valence-corrected chi connectivity index (χ0v) is 20.1. The number of rotatable bonds is 13. The third-order valence-electron chi connectivity index (χ3n) is 4.27. The highest BCUT2D eigenvalue weighted by Crippen LogP contribution is 2.07. The quantitative estimate of drug-likeness (QED) is 0.250. The van der Waals surface area contributed by atoms with E-state index >= 15 is 0 Å². The molecule has 0 aliphatic carbocycles. The molecule has 0 bridgehead atoms. The monoisotopic (exact) mass is 480 g/mol. The molecule has 0 aliphatic heterocycles. The lowest BCUT2D eigenvalue weighted by Crippen LogP contribution is -2.51. The van der Waals surface area contributed by atoms with Gasteiger partial charge >= 0.3 is 12.1 Å². The Morgan fingerprint density at radius 1 is 0.909 bits per heavy atom. The molecular formula is C21H32N4O7Si. The SMILES string of the molecule is C[Si](C)(C)CCOC(=O)NCC(=O)NCC(=O)N[C@@H](Cc1ccccc1)C(=O)NCC(=O)O. The van der Waals surface area contributed by atoms with Gasteiger partial charge in [-0.25, -0.2) is 4.79 Å². The van der Waals surface area contributed by atoms with Gasteiger partial charge in [0.2, 0.25) is 17.7 Å². The zero-order chi connectivity index (χ0) is 24.9. The van der Waals surface area contributed by atoms with Crippen LogP contribution in [-0.2, 0) is 30.3 Å². The molecule has 5 N–H and O–H groups in total.